The van der Waals surface area contributed by atoms with E-state index in [1.54, 1.807) is 12.1 Å². The zero-order chi connectivity index (χ0) is 25.7. The van der Waals surface area contributed by atoms with E-state index in [0.29, 0.717) is 5.69 Å². The van der Waals surface area contributed by atoms with Crippen LogP contribution in [0.4, 0.5) is 25.8 Å². The van der Waals surface area contributed by atoms with Gasteiger partial charge in [0.1, 0.15) is 5.69 Å². The normalized spacial score (nSPS) is 14.6. The summed E-state index contributed by atoms with van der Waals surface area (Å²) in [7, 11) is 0. The molecule has 1 atom stereocenters. The second kappa shape index (κ2) is 11.5. The second-order valence-electron chi connectivity index (χ2n) is 9.19. The van der Waals surface area contributed by atoms with Crippen LogP contribution in [0.2, 0.25) is 0 Å². The maximum absolute atomic E-state index is 14.0. The Kier molecular flexibility index (Phi) is 8.15. The predicted molar refractivity (Wildman–Crippen MR) is 144 cm³/mol. The van der Waals surface area contributed by atoms with E-state index >= 15 is 0 Å². The highest BCUT2D eigenvalue weighted by Gasteiger charge is 2.21. The molecule has 1 aliphatic carbocycles. The van der Waals surface area contributed by atoms with Crippen molar-refractivity contribution >= 4 is 34.4 Å². The minimum Gasteiger partial charge on any atom is -0.204 e. The summed E-state index contributed by atoms with van der Waals surface area (Å²) in [4.78, 5) is 3.39. The van der Waals surface area contributed by atoms with Gasteiger partial charge in [0.2, 0.25) is 0 Å². The first kappa shape index (κ1) is 25.6. The molecule has 36 heavy (non-hydrogen) atoms. The SMILES string of the molecule is CCCC1CCc2c(cc(C)c(C#Cc3ccc(N=Nc4cc(F)c(N=C=S)c(F)c4)cc3)c2C)C1. The zero-order valence-corrected chi connectivity index (χ0v) is 21.5. The molecule has 0 spiro atoms. The molecule has 3 aromatic rings. The number of hydrogen-bond donors (Lipinski definition) is 0. The van der Waals surface area contributed by atoms with E-state index < -0.39 is 17.3 Å². The van der Waals surface area contributed by atoms with Gasteiger partial charge in [-0.1, -0.05) is 37.7 Å². The summed E-state index contributed by atoms with van der Waals surface area (Å²) in [5.41, 5.74) is 7.56. The molecule has 0 bridgehead atoms. The van der Waals surface area contributed by atoms with Crippen LogP contribution in [0.25, 0.3) is 0 Å². The first-order valence-electron chi connectivity index (χ1n) is 12.1. The molecular weight excluding hydrogens is 472 g/mol. The highest BCUT2D eigenvalue weighted by molar-refractivity contribution is 7.78. The number of hydrogen-bond acceptors (Lipinski definition) is 4. The Morgan fingerprint density at radius 1 is 0.972 bits per heavy atom. The number of fused-ring (bicyclic) bond motifs is 1. The molecule has 6 heteroatoms. The Balaban J connectivity index is 1.50. The van der Waals surface area contributed by atoms with Crippen LogP contribution in [0.5, 0.6) is 0 Å². The van der Waals surface area contributed by atoms with Crippen LogP contribution in [0, 0.1) is 43.2 Å². The van der Waals surface area contributed by atoms with E-state index in [2.05, 4.69) is 66.1 Å². The third kappa shape index (κ3) is 5.82. The number of benzene rings is 3. The number of rotatable bonds is 5. The third-order valence-electron chi connectivity index (χ3n) is 6.65. The van der Waals surface area contributed by atoms with Crippen LogP contribution in [0.1, 0.15) is 59.6 Å². The van der Waals surface area contributed by atoms with E-state index in [0.717, 1.165) is 35.6 Å². The minimum absolute atomic E-state index is 0.0385. The number of isothiocyanates is 1. The van der Waals surface area contributed by atoms with Crippen molar-refractivity contribution in [2.45, 2.75) is 52.9 Å². The van der Waals surface area contributed by atoms with Crippen LogP contribution in [-0.4, -0.2) is 5.16 Å². The van der Waals surface area contributed by atoms with Gasteiger partial charge >= 0.3 is 0 Å². The topological polar surface area (TPSA) is 37.1 Å². The number of azo groups is 1. The molecule has 0 aliphatic heterocycles. The molecule has 1 unspecified atom stereocenters. The lowest BCUT2D eigenvalue weighted by Crippen LogP contribution is -2.16. The highest BCUT2D eigenvalue weighted by atomic mass is 32.1. The van der Waals surface area contributed by atoms with Crippen LogP contribution in [0.15, 0.2) is 57.7 Å². The summed E-state index contributed by atoms with van der Waals surface area (Å²) in [6, 6.07) is 11.7. The van der Waals surface area contributed by atoms with E-state index in [-0.39, 0.29) is 5.69 Å². The number of thiocarbonyl (C=S) groups is 1. The molecule has 0 N–H and O–H groups in total. The lowest BCUT2D eigenvalue weighted by molar-refractivity contribution is 0.422. The van der Waals surface area contributed by atoms with Gasteiger partial charge in [0.25, 0.3) is 0 Å². The molecular formula is C30H27F2N3S. The molecule has 0 aromatic heterocycles. The standard InChI is InChI=1S/C30H27F2N3S/c1-4-5-22-9-13-27-20(3)26(19(2)14-23(27)15-22)12-8-21-6-10-24(11-7-21)34-35-25-16-28(31)30(33-18-36)29(32)17-25/h6-7,10-11,14,16-17,22H,4-5,9,13,15H2,1-3H3. The fourth-order valence-electron chi connectivity index (χ4n) is 4.87. The first-order chi connectivity index (χ1) is 17.4. The van der Waals surface area contributed by atoms with Crippen molar-refractivity contribution in [2.75, 3.05) is 0 Å². The molecule has 0 saturated heterocycles. The van der Waals surface area contributed by atoms with Crippen LogP contribution in [0.3, 0.4) is 0 Å². The number of aryl methyl sites for hydroxylation is 1. The maximum Gasteiger partial charge on any atom is 0.154 e. The average molecular weight is 500 g/mol. The number of aliphatic imine (C=N–C) groups is 1. The lowest BCUT2D eigenvalue weighted by atomic mass is 9.78. The van der Waals surface area contributed by atoms with Gasteiger partial charge in [-0.2, -0.15) is 15.2 Å². The third-order valence-corrected chi connectivity index (χ3v) is 6.74. The van der Waals surface area contributed by atoms with E-state index in [9.17, 15) is 8.78 Å². The molecule has 0 heterocycles. The van der Waals surface area contributed by atoms with Crippen molar-refractivity contribution in [1.29, 1.82) is 0 Å². The monoisotopic (exact) mass is 499 g/mol. The summed E-state index contributed by atoms with van der Waals surface area (Å²) in [6.07, 6.45) is 6.13. The average Bonchev–Trinajstić information content (AvgIpc) is 2.85. The van der Waals surface area contributed by atoms with Crippen molar-refractivity contribution < 1.29 is 8.78 Å². The molecule has 182 valence electrons. The molecule has 3 nitrogen and oxygen atoms in total. The minimum atomic E-state index is -0.875. The van der Waals surface area contributed by atoms with Gasteiger partial charge < -0.3 is 0 Å². The van der Waals surface area contributed by atoms with Crippen LogP contribution in [-0.2, 0) is 12.8 Å². The summed E-state index contributed by atoms with van der Waals surface area (Å²) < 4.78 is 27.9. The van der Waals surface area contributed by atoms with Crippen LogP contribution >= 0.6 is 12.2 Å². The van der Waals surface area contributed by atoms with Gasteiger partial charge in [-0.25, -0.2) is 8.78 Å². The Bertz CT molecular complexity index is 1400. The molecule has 3 aromatic carbocycles. The summed E-state index contributed by atoms with van der Waals surface area (Å²) in [5.74, 6) is 5.70. The van der Waals surface area contributed by atoms with Gasteiger partial charge in [-0.05, 0) is 97.8 Å². The molecule has 0 radical (unpaired) electrons. The maximum atomic E-state index is 14.0. The Morgan fingerprint density at radius 2 is 1.67 bits per heavy atom. The number of nitrogens with zero attached hydrogens (tertiary/aromatic N) is 3. The molecule has 0 saturated carbocycles. The van der Waals surface area contributed by atoms with Gasteiger partial charge in [0.15, 0.2) is 11.6 Å². The smallest absolute Gasteiger partial charge is 0.154 e. The van der Waals surface area contributed by atoms with Crippen molar-refractivity contribution in [3.8, 4) is 11.8 Å². The van der Waals surface area contributed by atoms with Gasteiger partial charge in [0.05, 0.1) is 16.5 Å². The number of halogens is 2. The van der Waals surface area contributed by atoms with Crippen molar-refractivity contribution in [2.24, 2.45) is 21.1 Å². The zero-order valence-electron chi connectivity index (χ0n) is 20.7. The predicted octanol–water partition coefficient (Wildman–Crippen LogP) is 9.04. The second-order valence-corrected chi connectivity index (χ2v) is 9.37. The van der Waals surface area contributed by atoms with Gasteiger partial charge in [0, 0.05) is 23.3 Å². The summed E-state index contributed by atoms with van der Waals surface area (Å²) in [5, 5.41) is 9.95. The Morgan fingerprint density at radius 3 is 2.33 bits per heavy atom. The van der Waals surface area contributed by atoms with E-state index in [1.807, 2.05) is 17.3 Å². The molecule has 0 fully saturated rings. The lowest BCUT2D eigenvalue weighted by Gasteiger charge is -2.27. The van der Waals surface area contributed by atoms with Crippen molar-refractivity contribution in [1.82, 2.24) is 0 Å². The van der Waals surface area contributed by atoms with E-state index in [4.69, 9.17) is 0 Å². The largest absolute Gasteiger partial charge is 0.204 e. The first-order valence-corrected chi connectivity index (χ1v) is 12.5. The van der Waals surface area contributed by atoms with Crippen molar-refractivity contribution in [3.63, 3.8) is 0 Å². The van der Waals surface area contributed by atoms with Gasteiger partial charge in [-0.3, -0.25) is 0 Å². The molecule has 1 aliphatic rings. The quantitative estimate of drug-likeness (QED) is 0.149. The van der Waals surface area contributed by atoms with E-state index in [1.165, 1.54) is 47.9 Å². The highest BCUT2D eigenvalue weighted by Crippen LogP contribution is 2.33. The Labute approximate surface area is 216 Å². The summed E-state index contributed by atoms with van der Waals surface area (Å²) >= 11 is 4.40. The van der Waals surface area contributed by atoms with Crippen LogP contribution < -0.4 is 0 Å². The molecule has 0 amide bonds. The Hall–Kier alpha value is -3.52. The van der Waals surface area contributed by atoms with Gasteiger partial charge in [-0.15, -0.1) is 0 Å². The fourth-order valence-corrected chi connectivity index (χ4v) is 4.96. The fraction of sp³-hybridized carbons (Fsp3) is 0.300. The summed E-state index contributed by atoms with van der Waals surface area (Å²) in [6.45, 7) is 6.60. The van der Waals surface area contributed by atoms with Crippen molar-refractivity contribution in [3.05, 3.63) is 87.5 Å². The molecule has 4 rings (SSSR count).